The zero-order chi connectivity index (χ0) is 17.4. The average molecular weight is 357 g/mol. The molecular weight excluding hydrogens is 344 g/mol. The van der Waals surface area contributed by atoms with Gasteiger partial charge in [0.2, 0.25) is 12.6 Å². The number of carbonyl (C=O) groups excluding carboxylic acids is 1. The van der Waals surface area contributed by atoms with Crippen LogP contribution in [0.15, 0.2) is 42.5 Å². The maximum Gasteiger partial charge on any atom is 0.295 e. The molecule has 1 amide bonds. The number of aromatic nitrogens is 3. The highest BCUT2D eigenvalue weighted by molar-refractivity contribution is 6.30. The Bertz CT molecular complexity index is 953. The number of aryl methyl sites for hydroxylation is 1. The number of carbonyl (C=O) groups is 1. The van der Waals surface area contributed by atoms with Gasteiger partial charge in [-0.15, -0.1) is 5.10 Å². The molecule has 0 fully saturated rings. The largest absolute Gasteiger partial charge is 0.454 e. The van der Waals surface area contributed by atoms with Crippen LogP contribution in [0.25, 0.3) is 5.69 Å². The molecule has 2 heterocycles. The molecule has 0 spiro atoms. The van der Waals surface area contributed by atoms with Crippen LogP contribution in [0.1, 0.15) is 16.4 Å². The summed E-state index contributed by atoms with van der Waals surface area (Å²) in [5.74, 6) is 1.51. The highest BCUT2D eigenvalue weighted by atomic mass is 35.5. The molecule has 0 radical (unpaired) electrons. The molecule has 3 aromatic rings. The van der Waals surface area contributed by atoms with E-state index in [2.05, 4.69) is 15.4 Å². The first-order valence-electron chi connectivity index (χ1n) is 7.51. The number of nitrogens with one attached hydrogen (secondary N) is 1. The van der Waals surface area contributed by atoms with Crippen LogP contribution in [-0.4, -0.2) is 27.5 Å². The van der Waals surface area contributed by atoms with Crippen LogP contribution in [0, 0.1) is 6.92 Å². The van der Waals surface area contributed by atoms with Gasteiger partial charge in [-0.25, -0.2) is 9.67 Å². The summed E-state index contributed by atoms with van der Waals surface area (Å²) >= 11 is 5.90. The summed E-state index contributed by atoms with van der Waals surface area (Å²) in [7, 11) is 0. The minimum atomic E-state index is -0.408. The monoisotopic (exact) mass is 356 g/mol. The molecule has 0 aliphatic carbocycles. The van der Waals surface area contributed by atoms with Crippen LogP contribution in [-0.2, 0) is 0 Å². The maximum atomic E-state index is 12.4. The van der Waals surface area contributed by atoms with Crippen molar-refractivity contribution in [3.05, 3.63) is 59.1 Å². The lowest BCUT2D eigenvalue weighted by molar-refractivity contribution is 0.101. The Hall–Kier alpha value is -3.06. The van der Waals surface area contributed by atoms with E-state index >= 15 is 0 Å². The van der Waals surface area contributed by atoms with Gasteiger partial charge in [-0.2, -0.15) is 0 Å². The summed E-state index contributed by atoms with van der Waals surface area (Å²) < 4.78 is 12.1. The van der Waals surface area contributed by atoms with Crippen molar-refractivity contribution in [3.63, 3.8) is 0 Å². The zero-order valence-corrected chi connectivity index (χ0v) is 13.9. The van der Waals surface area contributed by atoms with E-state index in [1.54, 1.807) is 41.9 Å². The SMILES string of the molecule is Cc1nc(C(=O)Nc2ccc3c(c2)OCO3)nn1-c1ccc(Cl)cc1. The van der Waals surface area contributed by atoms with E-state index in [1.807, 2.05) is 12.1 Å². The van der Waals surface area contributed by atoms with Gasteiger partial charge in [-0.05, 0) is 43.3 Å². The number of anilines is 1. The number of fused-ring (bicyclic) bond motifs is 1. The fourth-order valence-electron chi connectivity index (χ4n) is 2.47. The Morgan fingerprint density at radius 1 is 1.16 bits per heavy atom. The van der Waals surface area contributed by atoms with E-state index in [9.17, 15) is 4.79 Å². The molecular formula is C17H13ClN4O3. The molecule has 126 valence electrons. The highest BCUT2D eigenvalue weighted by Gasteiger charge is 2.18. The van der Waals surface area contributed by atoms with E-state index in [4.69, 9.17) is 21.1 Å². The standard InChI is InChI=1S/C17H13ClN4O3/c1-10-19-16(21-22(10)13-5-2-11(18)3-6-13)17(23)20-12-4-7-14-15(8-12)25-9-24-14/h2-8H,9H2,1H3,(H,20,23). The molecule has 1 N–H and O–H groups in total. The van der Waals surface area contributed by atoms with Crippen molar-refractivity contribution in [2.45, 2.75) is 6.92 Å². The molecule has 2 aromatic carbocycles. The number of hydrogen-bond donors (Lipinski definition) is 1. The number of amides is 1. The Labute approximate surface area is 148 Å². The number of rotatable bonds is 3. The summed E-state index contributed by atoms with van der Waals surface area (Å²) in [5, 5.41) is 7.66. The van der Waals surface area contributed by atoms with Crippen molar-refractivity contribution < 1.29 is 14.3 Å². The zero-order valence-electron chi connectivity index (χ0n) is 13.2. The predicted molar refractivity (Wildman–Crippen MR) is 91.6 cm³/mol. The van der Waals surface area contributed by atoms with Crippen LogP contribution in [0.4, 0.5) is 5.69 Å². The minimum Gasteiger partial charge on any atom is -0.454 e. The normalized spacial score (nSPS) is 12.2. The molecule has 0 saturated heterocycles. The third-order valence-electron chi connectivity index (χ3n) is 3.67. The van der Waals surface area contributed by atoms with Gasteiger partial charge in [0.05, 0.1) is 5.69 Å². The Morgan fingerprint density at radius 3 is 2.72 bits per heavy atom. The van der Waals surface area contributed by atoms with Crippen LogP contribution in [0.3, 0.4) is 0 Å². The Kier molecular flexibility index (Phi) is 3.77. The fraction of sp³-hybridized carbons (Fsp3) is 0.118. The van der Waals surface area contributed by atoms with Gasteiger partial charge in [0.1, 0.15) is 5.82 Å². The summed E-state index contributed by atoms with van der Waals surface area (Å²) in [5.41, 5.74) is 1.35. The summed E-state index contributed by atoms with van der Waals surface area (Å²) in [6.45, 7) is 1.96. The van der Waals surface area contributed by atoms with Crippen molar-refractivity contribution >= 4 is 23.2 Å². The molecule has 0 bridgehead atoms. The Morgan fingerprint density at radius 2 is 1.92 bits per heavy atom. The van der Waals surface area contributed by atoms with Crippen molar-refractivity contribution in [2.75, 3.05) is 12.1 Å². The summed E-state index contributed by atoms with van der Waals surface area (Å²) in [6, 6.07) is 12.3. The lowest BCUT2D eigenvalue weighted by Gasteiger charge is -2.04. The minimum absolute atomic E-state index is 0.0742. The first-order chi connectivity index (χ1) is 12.1. The average Bonchev–Trinajstić information content (AvgIpc) is 3.22. The fourth-order valence-corrected chi connectivity index (χ4v) is 2.60. The molecule has 25 heavy (non-hydrogen) atoms. The van der Waals surface area contributed by atoms with E-state index in [0.29, 0.717) is 28.0 Å². The number of nitrogens with zero attached hydrogens (tertiary/aromatic N) is 3. The van der Waals surface area contributed by atoms with Gasteiger partial charge in [-0.1, -0.05) is 11.6 Å². The predicted octanol–water partition coefficient (Wildman–Crippen LogP) is 3.21. The van der Waals surface area contributed by atoms with Gasteiger partial charge in [0.25, 0.3) is 5.91 Å². The van der Waals surface area contributed by atoms with E-state index in [0.717, 1.165) is 5.69 Å². The first-order valence-corrected chi connectivity index (χ1v) is 7.88. The second kappa shape index (κ2) is 6.10. The summed E-state index contributed by atoms with van der Waals surface area (Å²) in [4.78, 5) is 16.7. The van der Waals surface area contributed by atoms with Gasteiger partial charge in [0, 0.05) is 16.8 Å². The van der Waals surface area contributed by atoms with Crippen molar-refractivity contribution in [3.8, 4) is 17.2 Å². The molecule has 1 aliphatic rings. The molecule has 1 aromatic heterocycles. The molecule has 1 aliphatic heterocycles. The molecule has 7 nitrogen and oxygen atoms in total. The van der Waals surface area contributed by atoms with Crippen LogP contribution < -0.4 is 14.8 Å². The lowest BCUT2D eigenvalue weighted by atomic mass is 10.3. The molecule has 0 atom stereocenters. The van der Waals surface area contributed by atoms with E-state index < -0.39 is 5.91 Å². The Balaban J connectivity index is 1.56. The maximum absolute atomic E-state index is 12.4. The molecule has 4 rings (SSSR count). The van der Waals surface area contributed by atoms with Gasteiger partial charge in [0.15, 0.2) is 11.5 Å². The number of halogens is 1. The molecule has 0 saturated carbocycles. The van der Waals surface area contributed by atoms with Gasteiger partial charge < -0.3 is 14.8 Å². The highest BCUT2D eigenvalue weighted by Crippen LogP contribution is 2.34. The van der Waals surface area contributed by atoms with Crippen LogP contribution in [0.2, 0.25) is 5.02 Å². The number of ether oxygens (including phenoxy) is 2. The van der Waals surface area contributed by atoms with E-state index in [-0.39, 0.29) is 12.6 Å². The molecule has 8 heteroatoms. The second-order valence-corrected chi connectivity index (χ2v) is 5.83. The van der Waals surface area contributed by atoms with Gasteiger partial charge in [-0.3, -0.25) is 4.79 Å². The van der Waals surface area contributed by atoms with Gasteiger partial charge >= 0.3 is 0 Å². The quantitative estimate of drug-likeness (QED) is 0.779. The van der Waals surface area contributed by atoms with Crippen LogP contribution >= 0.6 is 11.6 Å². The lowest BCUT2D eigenvalue weighted by Crippen LogP contribution is -2.14. The first kappa shape index (κ1) is 15.5. The number of hydrogen-bond acceptors (Lipinski definition) is 5. The smallest absolute Gasteiger partial charge is 0.295 e. The van der Waals surface area contributed by atoms with Crippen molar-refractivity contribution in [1.82, 2.24) is 14.8 Å². The van der Waals surface area contributed by atoms with Crippen molar-refractivity contribution in [1.29, 1.82) is 0 Å². The van der Waals surface area contributed by atoms with E-state index in [1.165, 1.54) is 0 Å². The second-order valence-electron chi connectivity index (χ2n) is 5.39. The topological polar surface area (TPSA) is 78.3 Å². The van der Waals surface area contributed by atoms with Crippen LogP contribution in [0.5, 0.6) is 11.5 Å². The van der Waals surface area contributed by atoms with Crippen molar-refractivity contribution in [2.24, 2.45) is 0 Å². The number of benzene rings is 2. The third-order valence-corrected chi connectivity index (χ3v) is 3.93. The summed E-state index contributed by atoms with van der Waals surface area (Å²) in [6.07, 6.45) is 0. The molecule has 0 unspecified atom stereocenters. The third kappa shape index (κ3) is 3.01.